The summed E-state index contributed by atoms with van der Waals surface area (Å²) in [7, 11) is 1.10. The van der Waals surface area contributed by atoms with Crippen molar-refractivity contribution in [3.05, 3.63) is 35.6 Å². The Morgan fingerprint density at radius 3 is 2.60 bits per heavy atom. The number of nitrogens with zero attached hydrogens (tertiary/aromatic N) is 1. The first-order valence-electron chi connectivity index (χ1n) is 6.15. The van der Waals surface area contributed by atoms with Crippen molar-refractivity contribution < 1.29 is 22.4 Å². The molecule has 0 bridgehead atoms. The average molecular weight is 285 g/mol. The molecule has 0 N–H and O–H groups in total. The largest absolute Gasteiger partial charge is 0.451 e. The number of amides is 1. The number of hydrogen-bond acceptors (Lipinski definition) is 2. The lowest BCUT2D eigenvalue weighted by Crippen LogP contribution is -2.35. The number of hydrogen-bond donors (Lipinski definition) is 0. The third-order valence-corrected chi connectivity index (χ3v) is 2.97. The van der Waals surface area contributed by atoms with Gasteiger partial charge in [-0.1, -0.05) is 19.1 Å². The minimum atomic E-state index is -4.42. The van der Waals surface area contributed by atoms with Crippen LogP contribution >= 0.6 is 0 Å². The Balaban J connectivity index is 2.26. The molecule has 20 heavy (non-hydrogen) atoms. The Bertz CT molecular complexity index is 631. The average Bonchev–Trinajstić information content (AvgIpc) is 2.78. The molecule has 0 fully saturated rings. The van der Waals surface area contributed by atoms with Crippen LogP contribution in [0.3, 0.4) is 0 Å². The molecule has 0 saturated carbocycles. The molecule has 1 aromatic carbocycles. The van der Waals surface area contributed by atoms with Crippen LogP contribution in [0.2, 0.25) is 0 Å². The summed E-state index contributed by atoms with van der Waals surface area (Å²) >= 11 is 0. The van der Waals surface area contributed by atoms with Crippen LogP contribution in [0.25, 0.3) is 11.0 Å². The maximum Gasteiger partial charge on any atom is 0.406 e. The molecule has 0 aliphatic carbocycles. The zero-order chi connectivity index (χ0) is 14.9. The highest BCUT2D eigenvalue weighted by Gasteiger charge is 2.32. The molecule has 0 unspecified atom stereocenters. The molecule has 0 saturated heterocycles. The van der Waals surface area contributed by atoms with Crippen LogP contribution in [0.5, 0.6) is 0 Å². The van der Waals surface area contributed by atoms with Gasteiger partial charge in [-0.05, 0) is 24.1 Å². The van der Waals surface area contributed by atoms with Crippen LogP contribution in [0, 0.1) is 0 Å². The van der Waals surface area contributed by atoms with Crippen molar-refractivity contribution in [2.75, 3.05) is 13.6 Å². The lowest BCUT2D eigenvalue weighted by molar-refractivity contribution is -0.138. The van der Waals surface area contributed by atoms with E-state index in [2.05, 4.69) is 0 Å². The van der Waals surface area contributed by atoms with Crippen molar-refractivity contribution in [1.82, 2.24) is 4.90 Å². The number of halogens is 3. The Hall–Kier alpha value is -1.98. The second kappa shape index (κ2) is 5.19. The number of alkyl halides is 3. The molecule has 0 radical (unpaired) electrons. The summed E-state index contributed by atoms with van der Waals surface area (Å²) in [6, 6.07) is 6.93. The number of fused-ring (bicyclic) bond motifs is 1. The van der Waals surface area contributed by atoms with E-state index >= 15 is 0 Å². The fourth-order valence-corrected chi connectivity index (χ4v) is 1.93. The summed E-state index contributed by atoms with van der Waals surface area (Å²) in [5.41, 5.74) is 1.54. The smallest absolute Gasteiger partial charge is 0.406 e. The summed E-state index contributed by atoms with van der Waals surface area (Å²) < 4.78 is 42.1. The number of carbonyl (C=O) groups excluding carboxylic acids is 1. The van der Waals surface area contributed by atoms with Crippen molar-refractivity contribution >= 4 is 16.9 Å². The van der Waals surface area contributed by atoms with E-state index in [9.17, 15) is 18.0 Å². The van der Waals surface area contributed by atoms with E-state index in [0.717, 1.165) is 19.0 Å². The Labute approximate surface area is 114 Å². The minimum absolute atomic E-state index is 0.0833. The van der Waals surface area contributed by atoms with Crippen molar-refractivity contribution in [2.45, 2.75) is 19.5 Å². The molecule has 0 aliphatic heterocycles. The highest BCUT2D eigenvalue weighted by Crippen LogP contribution is 2.23. The molecule has 6 heteroatoms. The maximum atomic E-state index is 12.3. The summed E-state index contributed by atoms with van der Waals surface area (Å²) in [5, 5.41) is 0.700. The van der Waals surface area contributed by atoms with E-state index in [1.54, 1.807) is 12.1 Å². The van der Waals surface area contributed by atoms with Crippen molar-refractivity contribution in [2.24, 2.45) is 0 Å². The van der Waals surface area contributed by atoms with Gasteiger partial charge in [0.15, 0.2) is 5.76 Å². The number of benzene rings is 1. The van der Waals surface area contributed by atoms with E-state index in [1.807, 2.05) is 13.0 Å². The van der Waals surface area contributed by atoms with Crippen molar-refractivity contribution in [3.63, 3.8) is 0 Å². The van der Waals surface area contributed by atoms with Crippen LogP contribution in [0.4, 0.5) is 13.2 Å². The highest BCUT2D eigenvalue weighted by atomic mass is 19.4. The maximum absolute atomic E-state index is 12.3. The van der Waals surface area contributed by atoms with Gasteiger partial charge in [-0.2, -0.15) is 13.2 Å². The Kier molecular flexibility index (Phi) is 3.74. The molecule has 0 spiro atoms. The molecule has 0 atom stereocenters. The predicted octanol–water partition coefficient (Wildman–Crippen LogP) is 3.63. The second-order valence-corrected chi connectivity index (χ2v) is 4.61. The molecular formula is C14H14F3NO2. The lowest BCUT2D eigenvalue weighted by Gasteiger charge is -2.17. The zero-order valence-electron chi connectivity index (χ0n) is 11.1. The first-order valence-corrected chi connectivity index (χ1v) is 6.15. The van der Waals surface area contributed by atoms with Gasteiger partial charge in [-0.25, -0.2) is 0 Å². The fourth-order valence-electron chi connectivity index (χ4n) is 1.93. The molecule has 2 rings (SSSR count). The van der Waals surface area contributed by atoms with Gasteiger partial charge in [0.05, 0.1) is 0 Å². The fraction of sp³-hybridized carbons (Fsp3) is 0.357. The number of furan rings is 1. The molecule has 1 heterocycles. The van der Waals surface area contributed by atoms with Gasteiger partial charge in [0.1, 0.15) is 12.1 Å². The zero-order valence-corrected chi connectivity index (χ0v) is 11.1. The first-order chi connectivity index (χ1) is 9.30. The molecule has 1 aromatic heterocycles. The molecule has 2 aromatic rings. The molecular weight excluding hydrogens is 271 g/mol. The monoisotopic (exact) mass is 285 g/mol. The third kappa shape index (κ3) is 3.12. The van der Waals surface area contributed by atoms with Gasteiger partial charge >= 0.3 is 6.18 Å². The van der Waals surface area contributed by atoms with Gasteiger partial charge < -0.3 is 9.32 Å². The predicted molar refractivity (Wildman–Crippen MR) is 68.6 cm³/mol. The van der Waals surface area contributed by atoms with Crippen LogP contribution in [-0.4, -0.2) is 30.6 Å². The van der Waals surface area contributed by atoms with Crippen LogP contribution in [-0.2, 0) is 6.42 Å². The number of aryl methyl sites for hydroxylation is 1. The molecule has 1 amide bonds. The highest BCUT2D eigenvalue weighted by molar-refractivity contribution is 5.96. The summed E-state index contributed by atoms with van der Waals surface area (Å²) in [6.45, 7) is 0.677. The van der Waals surface area contributed by atoms with Gasteiger partial charge in [0.2, 0.25) is 0 Å². The topological polar surface area (TPSA) is 33.5 Å². The van der Waals surface area contributed by atoms with E-state index in [1.165, 1.54) is 6.07 Å². The van der Waals surface area contributed by atoms with Crippen LogP contribution in [0.1, 0.15) is 23.0 Å². The lowest BCUT2D eigenvalue weighted by atomic mass is 10.1. The van der Waals surface area contributed by atoms with Crippen molar-refractivity contribution in [3.8, 4) is 0 Å². The summed E-state index contributed by atoms with van der Waals surface area (Å²) in [4.78, 5) is 12.5. The normalized spacial score (nSPS) is 11.8. The molecule has 108 valence electrons. The van der Waals surface area contributed by atoms with E-state index in [0.29, 0.717) is 15.9 Å². The van der Waals surface area contributed by atoms with Gasteiger partial charge in [0, 0.05) is 12.4 Å². The van der Waals surface area contributed by atoms with E-state index in [-0.39, 0.29) is 5.76 Å². The molecule has 3 nitrogen and oxygen atoms in total. The van der Waals surface area contributed by atoms with Gasteiger partial charge in [-0.3, -0.25) is 4.79 Å². The number of carbonyl (C=O) groups is 1. The first kappa shape index (κ1) is 14.4. The van der Waals surface area contributed by atoms with Crippen LogP contribution < -0.4 is 0 Å². The second-order valence-electron chi connectivity index (χ2n) is 4.61. The number of rotatable bonds is 3. The third-order valence-electron chi connectivity index (χ3n) is 2.97. The molecule has 0 aliphatic rings. The SMILES string of the molecule is CCc1ccc2cc(C(=O)N(C)CC(F)(F)F)oc2c1. The standard InChI is InChI=1S/C14H14F3NO2/c1-3-9-4-5-10-7-12(20-11(10)6-9)13(19)18(2)8-14(15,16)17/h4-7H,3,8H2,1-2H3. The van der Waals surface area contributed by atoms with Gasteiger partial charge in [-0.15, -0.1) is 0 Å². The summed E-state index contributed by atoms with van der Waals surface area (Å²) in [6.07, 6.45) is -3.61. The van der Waals surface area contributed by atoms with Gasteiger partial charge in [0.25, 0.3) is 5.91 Å². The minimum Gasteiger partial charge on any atom is -0.451 e. The summed E-state index contributed by atoms with van der Waals surface area (Å²) in [5.74, 6) is -0.864. The van der Waals surface area contributed by atoms with E-state index < -0.39 is 18.6 Å². The quantitative estimate of drug-likeness (QED) is 0.862. The van der Waals surface area contributed by atoms with E-state index in [4.69, 9.17) is 4.42 Å². The Morgan fingerprint density at radius 1 is 1.30 bits per heavy atom. The van der Waals surface area contributed by atoms with Crippen molar-refractivity contribution in [1.29, 1.82) is 0 Å². The van der Waals surface area contributed by atoms with Crippen LogP contribution in [0.15, 0.2) is 28.7 Å². The Morgan fingerprint density at radius 2 is 2.00 bits per heavy atom.